The van der Waals surface area contributed by atoms with Crippen molar-refractivity contribution in [3.05, 3.63) is 58.4 Å². The van der Waals surface area contributed by atoms with Crippen molar-refractivity contribution in [3.8, 4) is 0 Å². The molecule has 1 heterocycles. The number of piperazine rings is 1. The summed E-state index contributed by atoms with van der Waals surface area (Å²) in [7, 11) is -3.88. The van der Waals surface area contributed by atoms with E-state index in [1.165, 1.54) is 4.90 Å². The third kappa shape index (κ3) is 6.01. The molecule has 0 aromatic heterocycles. The SMILES string of the molecule is Cc1ccc(NC(=O)N2CCN(C(=O)c3cc(S(=O)(=O)NC(C)C)ccc3F)CC2)cc1Cl. The molecule has 0 spiro atoms. The van der Waals surface area contributed by atoms with Crippen LogP contribution in [0.15, 0.2) is 41.3 Å². The second-order valence-corrected chi connectivity index (χ2v) is 10.2. The second kappa shape index (κ2) is 10.1. The first-order chi connectivity index (χ1) is 15.5. The fourth-order valence-corrected chi connectivity index (χ4v) is 4.83. The van der Waals surface area contributed by atoms with Crippen molar-refractivity contribution in [1.29, 1.82) is 0 Å². The predicted octanol–water partition coefficient (Wildman–Crippen LogP) is 3.46. The number of hydrogen-bond donors (Lipinski definition) is 2. The number of rotatable bonds is 5. The maximum atomic E-state index is 14.4. The van der Waals surface area contributed by atoms with Gasteiger partial charge in [-0.2, -0.15) is 0 Å². The molecule has 1 saturated heterocycles. The number of hydrogen-bond acceptors (Lipinski definition) is 4. The molecule has 3 rings (SSSR count). The Labute approximate surface area is 197 Å². The zero-order valence-corrected chi connectivity index (χ0v) is 20.1. The monoisotopic (exact) mass is 496 g/mol. The number of sulfonamides is 1. The molecule has 0 aliphatic carbocycles. The van der Waals surface area contributed by atoms with Crippen LogP contribution in [0.3, 0.4) is 0 Å². The number of anilines is 1. The number of nitrogens with zero attached hydrogens (tertiary/aromatic N) is 2. The quantitative estimate of drug-likeness (QED) is 0.662. The Bertz CT molecular complexity index is 1160. The predicted molar refractivity (Wildman–Crippen MR) is 125 cm³/mol. The van der Waals surface area contributed by atoms with Crippen molar-refractivity contribution >= 4 is 39.2 Å². The largest absolute Gasteiger partial charge is 0.335 e. The highest BCUT2D eigenvalue weighted by Gasteiger charge is 2.28. The minimum absolute atomic E-state index is 0.182. The minimum Gasteiger partial charge on any atom is -0.335 e. The van der Waals surface area contributed by atoms with Crippen LogP contribution in [0.5, 0.6) is 0 Å². The number of carbonyl (C=O) groups excluding carboxylic acids is 2. The van der Waals surface area contributed by atoms with Gasteiger partial charge in [0.05, 0.1) is 10.5 Å². The van der Waals surface area contributed by atoms with Gasteiger partial charge in [0.2, 0.25) is 10.0 Å². The number of urea groups is 1. The lowest BCUT2D eigenvalue weighted by Crippen LogP contribution is -2.51. The van der Waals surface area contributed by atoms with E-state index < -0.39 is 21.7 Å². The smallest absolute Gasteiger partial charge is 0.321 e. The van der Waals surface area contributed by atoms with Crippen LogP contribution in [0.2, 0.25) is 5.02 Å². The highest BCUT2D eigenvalue weighted by atomic mass is 35.5. The molecule has 0 radical (unpaired) electrons. The van der Waals surface area contributed by atoms with Crippen molar-refractivity contribution < 1.29 is 22.4 Å². The molecule has 8 nitrogen and oxygen atoms in total. The Hall–Kier alpha value is -2.69. The van der Waals surface area contributed by atoms with Crippen LogP contribution >= 0.6 is 11.6 Å². The fourth-order valence-electron chi connectivity index (χ4n) is 3.37. The van der Waals surface area contributed by atoms with Crippen LogP contribution in [0.4, 0.5) is 14.9 Å². The van der Waals surface area contributed by atoms with E-state index in [2.05, 4.69) is 10.0 Å². The third-order valence-electron chi connectivity index (χ3n) is 5.15. The molecular weight excluding hydrogens is 471 g/mol. The lowest BCUT2D eigenvalue weighted by atomic mass is 10.1. The van der Waals surface area contributed by atoms with E-state index in [0.29, 0.717) is 10.7 Å². The Balaban J connectivity index is 1.66. The van der Waals surface area contributed by atoms with Crippen LogP contribution in [-0.2, 0) is 10.0 Å². The molecule has 0 saturated carbocycles. The van der Waals surface area contributed by atoms with E-state index in [4.69, 9.17) is 11.6 Å². The zero-order valence-electron chi connectivity index (χ0n) is 18.6. The average molecular weight is 497 g/mol. The molecule has 1 fully saturated rings. The van der Waals surface area contributed by atoms with E-state index in [0.717, 1.165) is 23.8 Å². The van der Waals surface area contributed by atoms with Gasteiger partial charge in [0.1, 0.15) is 5.82 Å². The third-order valence-corrected chi connectivity index (χ3v) is 7.21. The van der Waals surface area contributed by atoms with Gasteiger partial charge >= 0.3 is 6.03 Å². The molecule has 2 N–H and O–H groups in total. The molecule has 2 aromatic carbocycles. The summed E-state index contributed by atoms with van der Waals surface area (Å²) in [6, 6.07) is 7.66. The van der Waals surface area contributed by atoms with Gasteiger partial charge in [-0.05, 0) is 56.7 Å². The highest BCUT2D eigenvalue weighted by molar-refractivity contribution is 7.89. The van der Waals surface area contributed by atoms with Gasteiger partial charge in [-0.3, -0.25) is 4.79 Å². The van der Waals surface area contributed by atoms with Crippen LogP contribution in [-0.4, -0.2) is 62.4 Å². The van der Waals surface area contributed by atoms with Crippen LogP contribution in [0.25, 0.3) is 0 Å². The summed E-state index contributed by atoms with van der Waals surface area (Å²) in [6.45, 7) is 6.03. The number of amides is 3. The molecule has 3 amide bonds. The van der Waals surface area contributed by atoms with Gasteiger partial charge in [-0.25, -0.2) is 22.3 Å². The highest BCUT2D eigenvalue weighted by Crippen LogP contribution is 2.21. The van der Waals surface area contributed by atoms with E-state index in [1.807, 2.05) is 6.92 Å². The molecule has 11 heteroatoms. The molecule has 0 bridgehead atoms. The Morgan fingerprint density at radius 1 is 1.03 bits per heavy atom. The van der Waals surface area contributed by atoms with Crippen molar-refractivity contribution in [2.75, 3.05) is 31.5 Å². The molecule has 1 aliphatic rings. The van der Waals surface area contributed by atoms with E-state index in [1.54, 1.807) is 36.9 Å². The van der Waals surface area contributed by atoms with E-state index in [-0.39, 0.29) is 48.7 Å². The molecule has 33 heavy (non-hydrogen) atoms. The second-order valence-electron chi connectivity index (χ2n) is 8.09. The van der Waals surface area contributed by atoms with Crippen LogP contribution < -0.4 is 10.0 Å². The molecule has 0 atom stereocenters. The first-order valence-electron chi connectivity index (χ1n) is 10.4. The molecule has 0 unspecified atom stereocenters. The minimum atomic E-state index is -3.88. The van der Waals surface area contributed by atoms with Crippen molar-refractivity contribution in [3.63, 3.8) is 0 Å². The van der Waals surface area contributed by atoms with Gasteiger partial charge in [0.25, 0.3) is 5.91 Å². The fraction of sp³-hybridized carbons (Fsp3) is 0.364. The number of nitrogens with one attached hydrogen (secondary N) is 2. The molecule has 1 aliphatic heterocycles. The lowest BCUT2D eigenvalue weighted by molar-refractivity contribution is 0.0666. The number of halogens is 2. The molecule has 178 valence electrons. The topological polar surface area (TPSA) is 98.8 Å². The Morgan fingerprint density at radius 3 is 2.27 bits per heavy atom. The van der Waals surface area contributed by atoms with Crippen molar-refractivity contribution in [1.82, 2.24) is 14.5 Å². The Kier molecular flexibility index (Phi) is 7.61. The zero-order chi connectivity index (χ0) is 24.3. The maximum absolute atomic E-state index is 14.4. The first-order valence-corrected chi connectivity index (χ1v) is 12.3. The maximum Gasteiger partial charge on any atom is 0.321 e. The average Bonchev–Trinajstić information content (AvgIpc) is 2.75. The summed E-state index contributed by atoms with van der Waals surface area (Å²) in [5.41, 5.74) is 1.13. The van der Waals surface area contributed by atoms with E-state index >= 15 is 0 Å². The van der Waals surface area contributed by atoms with E-state index in [9.17, 15) is 22.4 Å². The van der Waals surface area contributed by atoms with Crippen LogP contribution in [0, 0.1) is 12.7 Å². The summed E-state index contributed by atoms with van der Waals surface area (Å²) in [4.78, 5) is 28.2. The van der Waals surface area contributed by atoms with Gasteiger partial charge in [-0.1, -0.05) is 17.7 Å². The van der Waals surface area contributed by atoms with Gasteiger partial charge in [0.15, 0.2) is 0 Å². The molecular formula is C22H26ClFN4O4S. The number of benzene rings is 2. The van der Waals surface area contributed by atoms with Crippen LogP contribution in [0.1, 0.15) is 29.8 Å². The van der Waals surface area contributed by atoms with Crippen molar-refractivity contribution in [2.24, 2.45) is 0 Å². The first kappa shape index (κ1) is 24.9. The van der Waals surface area contributed by atoms with Gasteiger partial charge in [-0.15, -0.1) is 0 Å². The normalized spacial score (nSPS) is 14.5. The number of aryl methyl sites for hydroxylation is 1. The standard InChI is InChI=1S/C22H26ClFN4O4S/c1-14(2)26-33(31,32)17-6-7-20(24)18(13-17)21(29)27-8-10-28(11-9-27)22(30)25-16-5-4-15(3)19(23)12-16/h4-7,12-14,26H,8-11H2,1-3H3,(H,25,30). The summed E-state index contributed by atoms with van der Waals surface area (Å²) < 4.78 is 41.6. The summed E-state index contributed by atoms with van der Waals surface area (Å²) in [5, 5.41) is 3.31. The van der Waals surface area contributed by atoms with Gasteiger partial charge in [0, 0.05) is 42.9 Å². The van der Waals surface area contributed by atoms with Crippen molar-refractivity contribution in [2.45, 2.75) is 31.7 Å². The number of carbonyl (C=O) groups is 2. The summed E-state index contributed by atoms with van der Waals surface area (Å²) in [6.07, 6.45) is 0. The molecule has 2 aromatic rings. The summed E-state index contributed by atoms with van der Waals surface area (Å²) >= 11 is 6.09. The lowest BCUT2D eigenvalue weighted by Gasteiger charge is -2.34. The Morgan fingerprint density at radius 2 is 1.67 bits per heavy atom. The van der Waals surface area contributed by atoms with Gasteiger partial charge < -0.3 is 15.1 Å². The summed E-state index contributed by atoms with van der Waals surface area (Å²) in [5.74, 6) is -1.43.